The second kappa shape index (κ2) is 7.70. The van der Waals surface area contributed by atoms with Crippen molar-refractivity contribution in [2.75, 3.05) is 5.32 Å². The number of benzene rings is 2. The number of hydrogen-bond acceptors (Lipinski definition) is 2. The van der Waals surface area contributed by atoms with Gasteiger partial charge in [0.2, 0.25) is 0 Å². The molecule has 0 heterocycles. The Balaban J connectivity index is 0.00000312. The first-order valence-corrected chi connectivity index (χ1v) is 8.66. The molecule has 25 heavy (non-hydrogen) atoms. The van der Waals surface area contributed by atoms with Gasteiger partial charge in [-0.15, -0.1) is 12.4 Å². The zero-order valence-corrected chi connectivity index (χ0v) is 17.3. The van der Waals surface area contributed by atoms with Crippen molar-refractivity contribution in [2.24, 2.45) is 0 Å². The van der Waals surface area contributed by atoms with Gasteiger partial charge in [-0.3, -0.25) is 0 Å². The highest BCUT2D eigenvalue weighted by Crippen LogP contribution is 2.41. The lowest BCUT2D eigenvalue weighted by molar-refractivity contribution is 0.423. The molecule has 2 aromatic carbocycles. The second-order valence-electron chi connectivity index (χ2n) is 8.70. The molecule has 0 saturated carbocycles. The molecule has 0 aliphatic heterocycles. The van der Waals surface area contributed by atoms with Gasteiger partial charge in [0.05, 0.1) is 0 Å². The van der Waals surface area contributed by atoms with Gasteiger partial charge in [-0.2, -0.15) is 0 Å². The largest absolute Gasteiger partial charge is 0.507 e. The predicted octanol–water partition coefficient (Wildman–Crippen LogP) is 6.33. The molecule has 2 N–H and O–H groups in total. The molecule has 138 valence electrons. The fourth-order valence-electron chi connectivity index (χ4n) is 2.89. The Hall–Kier alpha value is -1.67. The monoisotopic (exact) mass is 361 g/mol. The Bertz CT molecular complexity index is 689. The molecule has 0 aliphatic rings. The molecule has 0 spiro atoms. The normalized spacial score (nSPS) is 11.8. The number of rotatable bonds is 3. The van der Waals surface area contributed by atoms with Crippen LogP contribution in [0.4, 0.5) is 5.69 Å². The van der Waals surface area contributed by atoms with Crippen LogP contribution in [-0.2, 0) is 17.4 Å². The molecule has 0 saturated heterocycles. The van der Waals surface area contributed by atoms with Gasteiger partial charge in [-0.05, 0) is 41.0 Å². The van der Waals surface area contributed by atoms with Crippen LogP contribution in [0.25, 0.3) is 0 Å². The summed E-state index contributed by atoms with van der Waals surface area (Å²) < 4.78 is 0. The molecule has 0 fully saturated rings. The zero-order valence-electron chi connectivity index (χ0n) is 16.5. The minimum absolute atomic E-state index is 0. The summed E-state index contributed by atoms with van der Waals surface area (Å²) in [6, 6.07) is 12.6. The molecule has 0 atom stereocenters. The Labute approximate surface area is 159 Å². The van der Waals surface area contributed by atoms with E-state index in [1.54, 1.807) is 0 Å². The number of phenolic OH excluding ortho intramolecular Hbond substituents is 1. The molecule has 0 aliphatic carbocycles. The number of aromatic hydroxyl groups is 1. The SMILES string of the molecule is Cc1ccccc1CNc1cc(C(C)(C)C)c(O)c(C(C)(C)C)c1.Cl. The third-order valence-electron chi connectivity index (χ3n) is 4.47. The van der Waals surface area contributed by atoms with Crippen LogP contribution in [0.15, 0.2) is 36.4 Å². The molecule has 3 heteroatoms. The number of phenols is 1. The third kappa shape index (κ3) is 5.15. The van der Waals surface area contributed by atoms with Crippen LogP contribution in [0.1, 0.15) is 63.8 Å². The lowest BCUT2D eigenvalue weighted by atomic mass is 9.79. The summed E-state index contributed by atoms with van der Waals surface area (Å²) in [6.45, 7) is 15.7. The van der Waals surface area contributed by atoms with E-state index in [4.69, 9.17) is 0 Å². The standard InChI is InChI=1S/C22H31NO.ClH/c1-15-10-8-9-11-16(15)14-23-17-12-18(21(2,3)4)20(24)19(13-17)22(5,6)7;/h8-13,23-24H,14H2,1-7H3;1H. The molecule has 0 bridgehead atoms. The van der Waals surface area contributed by atoms with Crippen molar-refractivity contribution in [3.8, 4) is 5.75 Å². The lowest BCUT2D eigenvalue weighted by Crippen LogP contribution is -2.18. The molecule has 0 unspecified atom stereocenters. The number of halogens is 1. The van der Waals surface area contributed by atoms with Crippen molar-refractivity contribution >= 4 is 18.1 Å². The summed E-state index contributed by atoms with van der Waals surface area (Å²) in [5.41, 5.74) is 5.40. The van der Waals surface area contributed by atoms with E-state index in [0.717, 1.165) is 23.4 Å². The predicted molar refractivity (Wildman–Crippen MR) is 111 cm³/mol. The van der Waals surface area contributed by atoms with Crippen LogP contribution >= 0.6 is 12.4 Å². The van der Waals surface area contributed by atoms with Gasteiger partial charge in [0.1, 0.15) is 5.75 Å². The summed E-state index contributed by atoms with van der Waals surface area (Å²) in [5, 5.41) is 14.3. The number of nitrogens with one attached hydrogen (secondary N) is 1. The quantitative estimate of drug-likeness (QED) is 0.626. The molecular weight excluding hydrogens is 330 g/mol. The van der Waals surface area contributed by atoms with Crippen LogP contribution in [-0.4, -0.2) is 5.11 Å². The van der Waals surface area contributed by atoms with E-state index >= 15 is 0 Å². The van der Waals surface area contributed by atoms with Crippen LogP contribution in [0.5, 0.6) is 5.75 Å². The van der Waals surface area contributed by atoms with E-state index in [-0.39, 0.29) is 23.2 Å². The Morgan fingerprint density at radius 2 is 1.36 bits per heavy atom. The number of anilines is 1. The van der Waals surface area contributed by atoms with Gasteiger partial charge in [-0.25, -0.2) is 0 Å². The molecule has 0 radical (unpaired) electrons. The van der Waals surface area contributed by atoms with Crippen molar-refractivity contribution in [3.63, 3.8) is 0 Å². The van der Waals surface area contributed by atoms with Crippen molar-refractivity contribution in [3.05, 3.63) is 58.7 Å². The maximum atomic E-state index is 10.8. The summed E-state index contributed by atoms with van der Waals surface area (Å²) in [5.74, 6) is 0.427. The van der Waals surface area contributed by atoms with Gasteiger partial charge in [0.15, 0.2) is 0 Å². The van der Waals surface area contributed by atoms with E-state index in [0.29, 0.717) is 5.75 Å². The molecular formula is C22H32ClNO. The first-order chi connectivity index (χ1) is 11.0. The maximum Gasteiger partial charge on any atom is 0.123 e. The van der Waals surface area contributed by atoms with Crippen LogP contribution in [0, 0.1) is 6.92 Å². The Morgan fingerprint density at radius 3 is 1.80 bits per heavy atom. The lowest BCUT2D eigenvalue weighted by Gasteiger charge is -2.28. The number of aryl methyl sites for hydroxylation is 1. The van der Waals surface area contributed by atoms with Crippen LogP contribution < -0.4 is 5.32 Å². The molecule has 2 rings (SSSR count). The average molecular weight is 362 g/mol. The summed E-state index contributed by atoms with van der Waals surface area (Å²) in [7, 11) is 0. The number of hydrogen-bond donors (Lipinski definition) is 2. The smallest absolute Gasteiger partial charge is 0.123 e. The fraction of sp³-hybridized carbons (Fsp3) is 0.455. The highest BCUT2D eigenvalue weighted by Gasteiger charge is 2.26. The second-order valence-corrected chi connectivity index (χ2v) is 8.70. The summed E-state index contributed by atoms with van der Waals surface area (Å²) >= 11 is 0. The topological polar surface area (TPSA) is 32.3 Å². The van der Waals surface area contributed by atoms with Crippen molar-refractivity contribution < 1.29 is 5.11 Å². The first-order valence-electron chi connectivity index (χ1n) is 8.66. The molecule has 2 aromatic rings. The van der Waals surface area contributed by atoms with E-state index in [9.17, 15) is 5.11 Å². The highest BCUT2D eigenvalue weighted by molar-refractivity contribution is 5.85. The zero-order chi connectivity index (χ0) is 18.1. The minimum atomic E-state index is -0.107. The van der Waals surface area contributed by atoms with Crippen molar-refractivity contribution in [1.82, 2.24) is 0 Å². The first kappa shape index (κ1) is 21.4. The fourth-order valence-corrected chi connectivity index (χ4v) is 2.89. The van der Waals surface area contributed by atoms with Gasteiger partial charge in [0.25, 0.3) is 0 Å². The minimum Gasteiger partial charge on any atom is -0.507 e. The Morgan fingerprint density at radius 1 is 0.880 bits per heavy atom. The average Bonchev–Trinajstić information content (AvgIpc) is 2.45. The summed E-state index contributed by atoms with van der Waals surface area (Å²) in [6.07, 6.45) is 0. The van der Waals surface area contributed by atoms with Crippen LogP contribution in [0.2, 0.25) is 0 Å². The van der Waals surface area contributed by atoms with Gasteiger partial charge >= 0.3 is 0 Å². The van der Waals surface area contributed by atoms with Gasteiger partial charge in [-0.1, -0.05) is 65.8 Å². The van der Waals surface area contributed by atoms with Gasteiger partial charge in [0, 0.05) is 23.4 Å². The van der Waals surface area contributed by atoms with Crippen LogP contribution in [0.3, 0.4) is 0 Å². The maximum absolute atomic E-state index is 10.8. The highest BCUT2D eigenvalue weighted by atomic mass is 35.5. The van der Waals surface area contributed by atoms with Crippen molar-refractivity contribution in [2.45, 2.75) is 65.8 Å². The summed E-state index contributed by atoms with van der Waals surface area (Å²) in [4.78, 5) is 0. The third-order valence-corrected chi connectivity index (χ3v) is 4.47. The Kier molecular flexibility index (Phi) is 6.58. The molecule has 0 aromatic heterocycles. The molecule has 0 amide bonds. The van der Waals surface area contributed by atoms with E-state index in [2.05, 4.69) is 90.2 Å². The van der Waals surface area contributed by atoms with E-state index in [1.165, 1.54) is 11.1 Å². The van der Waals surface area contributed by atoms with E-state index in [1.807, 2.05) is 0 Å². The molecule has 2 nitrogen and oxygen atoms in total. The van der Waals surface area contributed by atoms with Gasteiger partial charge < -0.3 is 10.4 Å². The van der Waals surface area contributed by atoms with Crippen molar-refractivity contribution in [1.29, 1.82) is 0 Å². The van der Waals surface area contributed by atoms with E-state index < -0.39 is 0 Å².